The van der Waals surface area contributed by atoms with Gasteiger partial charge in [-0.3, -0.25) is 9.48 Å². The molecule has 0 unspecified atom stereocenters. The minimum atomic E-state index is -1.08. The summed E-state index contributed by atoms with van der Waals surface area (Å²) in [5.41, 5.74) is 3.61. The number of aryl methyl sites for hydroxylation is 1. The number of pyridine rings is 1. The predicted octanol–water partition coefficient (Wildman–Crippen LogP) is 7.70. The largest absolute Gasteiger partial charge is 0.489 e. The molecule has 2 heterocycles. The summed E-state index contributed by atoms with van der Waals surface area (Å²) in [6.07, 6.45) is 4.32. The van der Waals surface area contributed by atoms with E-state index in [4.69, 9.17) is 24.0 Å². The van der Waals surface area contributed by atoms with Gasteiger partial charge in [0.05, 0.1) is 17.8 Å². The van der Waals surface area contributed by atoms with Crippen LogP contribution in [0.25, 0.3) is 22.0 Å². The molecule has 2 aromatic carbocycles. The number of hydrogen-bond donors (Lipinski definition) is 0. The summed E-state index contributed by atoms with van der Waals surface area (Å²) in [6.45, 7) is 10.1. The molecule has 1 amide bonds. The van der Waals surface area contributed by atoms with E-state index < -0.39 is 28.9 Å². The van der Waals surface area contributed by atoms with E-state index in [1.165, 1.54) is 11.0 Å². The number of rotatable bonds is 13. The first-order chi connectivity index (χ1) is 24.2. The van der Waals surface area contributed by atoms with Gasteiger partial charge in [-0.15, -0.1) is 0 Å². The van der Waals surface area contributed by atoms with Crippen molar-refractivity contribution >= 4 is 17.0 Å². The molecule has 2 aromatic heterocycles. The van der Waals surface area contributed by atoms with Crippen molar-refractivity contribution in [3.63, 3.8) is 0 Å². The SMILES string of the molecule is CCOCOC1(c2nn(C)c(C)c2CCOc2c(-c3ccc4c(c3)c(CN(C)C(=O)OC(C)(C)C)cc(=O)n4C3CC3)ccc(F)c2F)CCC1. The maximum atomic E-state index is 15.6. The summed E-state index contributed by atoms with van der Waals surface area (Å²) < 4.78 is 57.4. The first kappa shape index (κ1) is 36.5. The van der Waals surface area contributed by atoms with Crippen LogP contribution in [0.15, 0.2) is 41.2 Å². The Hall–Kier alpha value is -4.29. The zero-order valence-corrected chi connectivity index (χ0v) is 30.6. The van der Waals surface area contributed by atoms with Gasteiger partial charge in [0.1, 0.15) is 18.0 Å². The molecular weight excluding hydrogens is 658 g/mol. The lowest BCUT2D eigenvalue weighted by Gasteiger charge is -2.40. The number of aromatic nitrogens is 3. The van der Waals surface area contributed by atoms with Crippen LogP contribution in [0, 0.1) is 18.6 Å². The van der Waals surface area contributed by atoms with E-state index in [-0.39, 0.29) is 37.3 Å². The Bertz CT molecular complexity index is 1990. The molecule has 274 valence electrons. The molecule has 51 heavy (non-hydrogen) atoms. The fraction of sp³-hybridized carbons (Fsp3) is 0.513. The second kappa shape index (κ2) is 14.4. The van der Waals surface area contributed by atoms with Crippen molar-refractivity contribution in [1.82, 2.24) is 19.2 Å². The number of halogens is 2. The number of carbonyl (C=O) groups is 1. The lowest BCUT2D eigenvalue weighted by Crippen LogP contribution is -2.39. The summed E-state index contributed by atoms with van der Waals surface area (Å²) in [4.78, 5) is 27.6. The zero-order chi connectivity index (χ0) is 36.7. The third kappa shape index (κ3) is 7.53. The van der Waals surface area contributed by atoms with Crippen molar-refractivity contribution in [2.45, 2.75) is 96.9 Å². The summed E-state index contributed by atoms with van der Waals surface area (Å²) in [7, 11) is 3.50. The zero-order valence-electron chi connectivity index (χ0n) is 30.6. The van der Waals surface area contributed by atoms with Gasteiger partial charge in [0.2, 0.25) is 5.82 Å². The topological polar surface area (TPSA) is 97.1 Å². The van der Waals surface area contributed by atoms with Crippen molar-refractivity contribution in [2.24, 2.45) is 7.05 Å². The molecule has 10 nitrogen and oxygen atoms in total. The predicted molar refractivity (Wildman–Crippen MR) is 190 cm³/mol. The summed E-state index contributed by atoms with van der Waals surface area (Å²) in [5, 5.41) is 5.53. The van der Waals surface area contributed by atoms with E-state index in [0.29, 0.717) is 35.2 Å². The smallest absolute Gasteiger partial charge is 0.410 e. The quantitative estimate of drug-likeness (QED) is 0.104. The molecule has 0 aliphatic heterocycles. The first-order valence-corrected chi connectivity index (χ1v) is 17.7. The molecular formula is C39H48F2N4O6. The number of carbonyl (C=O) groups excluding carboxylic acids is 1. The molecule has 12 heteroatoms. The van der Waals surface area contributed by atoms with Crippen LogP contribution in [-0.2, 0) is 39.8 Å². The van der Waals surface area contributed by atoms with Crippen molar-refractivity contribution in [1.29, 1.82) is 0 Å². The van der Waals surface area contributed by atoms with Crippen LogP contribution in [0.1, 0.15) is 88.4 Å². The summed E-state index contributed by atoms with van der Waals surface area (Å²) in [5.74, 6) is -2.31. The van der Waals surface area contributed by atoms with Crippen molar-refractivity contribution in [3.8, 4) is 16.9 Å². The van der Waals surface area contributed by atoms with E-state index in [9.17, 15) is 14.0 Å². The van der Waals surface area contributed by atoms with Crippen molar-refractivity contribution in [3.05, 3.63) is 80.9 Å². The maximum absolute atomic E-state index is 15.6. The Morgan fingerprint density at radius 2 is 1.86 bits per heavy atom. The number of fused-ring (bicyclic) bond motifs is 1. The minimum Gasteiger partial charge on any atom is -0.489 e. The number of hydrogen-bond acceptors (Lipinski definition) is 7. The lowest BCUT2D eigenvalue weighted by molar-refractivity contribution is -0.180. The molecule has 0 spiro atoms. The van der Waals surface area contributed by atoms with E-state index in [1.54, 1.807) is 44.5 Å². The van der Waals surface area contributed by atoms with Gasteiger partial charge in [0.15, 0.2) is 11.6 Å². The van der Waals surface area contributed by atoms with Crippen molar-refractivity contribution in [2.75, 3.05) is 27.1 Å². The number of amides is 1. The van der Waals surface area contributed by atoms with Gasteiger partial charge in [0.25, 0.3) is 5.56 Å². The van der Waals surface area contributed by atoms with Crippen LogP contribution < -0.4 is 10.3 Å². The molecule has 6 rings (SSSR count). The fourth-order valence-electron chi connectivity index (χ4n) is 6.74. The Morgan fingerprint density at radius 3 is 2.51 bits per heavy atom. The Balaban J connectivity index is 1.33. The Morgan fingerprint density at radius 1 is 1.12 bits per heavy atom. The molecule has 2 saturated carbocycles. The number of ether oxygens (including phenoxy) is 4. The third-order valence-corrected chi connectivity index (χ3v) is 9.79. The Labute approximate surface area is 297 Å². The molecule has 4 aromatic rings. The molecule has 0 radical (unpaired) electrons. The monoisotopic (exact) mass is 706 g/mol. The van der Waals surface area contributed by atoms with Gasteiger partial charge in [0, 0.05) is 68.0 Å². The van der Waals surface area contributed by atoms with E-state index in [0.717, 1.165) is 60.5 Å². The molecule has 0 bridgehead atoms. The van der Waals surface area contributed by atoms with Gasteiger partial charge in [-0.05, 0) is 102 Å². The van der Waals surface area contributed by atoms with Crippen LogP contribution in [0.5, 0.6) is 5.75 Å². The summed E-state index contributed by atoms with van der Waals surface area (Å²) in [6, 6.07) is 9.71. The van der Waals surface area contributed by atoms with Gasteiger partial charge in [-0.1, -0.05) is 6.07 Å². The van der Waals surface area contributed by atoms with Crippen LogP contribution in [-0.4, -0.2) is 58.0 Å². The summed E-state index contributed by atoms with van der Waals surface area (Å²) >= 11 is 0. The van der Waals surface area contributed by atoms with Crippen LogP contribution >= 0.6 is 0 Å². The molecule has 0 atom stereocenters. The average Bonchev–Trinajstić information content (AvgIpc) is 3.85. The first-order valence-electron chi connectivity index (χ1n) is 17.7. The highest BCUT2D eigenvalue weighted by atomic mass is 19.2. The third-order valence-electron chi connectivity index (χ3n) is 9.79. The lowest BCUT2D eigenvalue weighted by atomic mass is 9.75. The molecule has 2 fully saturated rings. The normalized spacial score (nSPS) is 15.5. The van der Waals surface area contributed by atoms with Crippen LogP contribution in [0.3, 0.4) is 0 Å². The van der Waals surface area contributed by atoms with Crippen molar-refractivity contribution < 1.29 is 32.5 Å². The maximum Gasteiger partial charge on any atom is 0.410 e. The van der Waals surface area contributed by atoms with Gasteiger partial charge < -0.3 is 28.4 Å². The van der Waals surface area contributed by atoms with Gasteiger partial charge in [-0.25, -0.2) is 9.18 Å². The van der Waals surface area contributed by atoms with E-state index in [2.05, 4.69) is 0 Å². The average molecular weight is 707 g/mol. The highest BCUT2D eigenvalue weighted by Crippen LogP contribution is 2.46. The minimum absolute atomic E-state index is 0.0647. The Kier molecular flexibility index (Phi) is 10.3. The second-order valence-corrected chi connectivity index (χ2v) is 14.7. The van der Waals surface area contributed by atoms with Gasteiger partial charge >= 0.3 is 6.09 Å². The van der Waals surface area contributed by atoms with E-state index in [1.807, 2.05) is 37.7 Å². The standard InChI is InChI=1S/C39H48F2N4O6/c1-8-48-23-50-39(17-9-18-39)36-28(24(2)44(7)42-36)16-19-49-35-29(13-14-31(40)34(35)41)25-10-15-32-30(20-25)26(21-33(46)45(32)27-11-12-27)22-43(6)37(47)51-38(3,4)5/h10,13-15,20-21,27H,8-9,11-12,16-19,22-23H2,1-7H3. The second-order valence-electron chi connectivity index (χ2n) is 14.7. The van der Waals surface area contributed by atoms with Crippen LogP contribution in [0.2, 0.25) is 0 Å². The molecule has 2 aliphatic carbocycles. The molecule has 0 N–H and O–H groups in total. The number of benzene rings is 2. The molecule has 2 aliphatic rings. The fourth-order valence-corrected chi connectivity index (χ4v) is 6.74. The number of nitrogens with zero attached hydrogens (tertiary/aromatic N) is 4. The van der Waals surface area contributed by atoms with Crippen LogP contribution in [0.4, 0.5) is 13.6 Å². The highest BCUT2D eigenvalue weighted by molar-refractivity contribution is 5.89. The highest BCUT2D eigenvalue weighted by Gasteiger charge is 2.44. The van der Waals surface area contributed by atoms with E-state index >= 15 is 4.39 Å². The van der Waals surface area contributed by atoms with Gasteiger partial charge in [-0.2, -0.15) is 9.49 Å². The molecule has 0 saturated heterocycles.